The predicted molar refractivity (Wildman–Crippen MR) is 114 cm³/mol. The van der Waals surface area contributed by atoms with Crippen molar-refractivity contribution in [3.8, 4) is 11.5 Å². The van der Waals surface area contributed by atoms with E-state index >= 15 is 0 Å². The molecule has 0 aliphatic heterocycles. The van der Waals surface area contributed by atoms with Crippen molar-refractivity contribution in [3.63, 3.8) is 0 Å². The number of sulfonamides is 1. The Balaban J connectivity index is 1.73. The number of carbonyl (C=O) groups is 1. The first kappa shape index (κ1) is 21.5. The average molecular weight is 449 g/mol. The third kappa shape index (κ3) is 5.05. The molecule has 158 valence electrons. The molecule has 0 aliphatic rings. The number of hydrogen-bond acceptors (Lipinski definition) is 8. The second kappa shape index (κ2) is 9.09. The summed E-state index contributed by atoms with van der Waals surface area (Å²) in [5.41, 5.74) is 0.775. The summed E-state index contributed by atoms with van der Waals surface area (Å²) in [6.45, 7) is 1.91. The van der Waals surface area contributed by atoms with Crippen LogP contribution in [0.25, 0.3) is 0 Å². The largest absolute Gasteiger partial charge is 0.497 e. The van der Waals surface area contributed by atoms with E-state index in [2.05, 4.69) is 20.2 Å². The van der Waals surface area contributed by atoms with Gasteiger partial charge in [0.15, 0.2) is 0 Å². The van der Waals surface area contributed by atoms with Gasteiger partial charge in [0.1, 0.15) is 16.5 Å². The summed E-state index contributed by atoms with van der Waals surface area (Å²) in [5.74, 6) is 0.576. The number of methoxy groups -OCH3 is 2. The van der Waals surface area contributed by atoms with Crippen LogP contribution in [0.5, 0.6) is 11.5 Å². The molecule has 0 bridgehead atoms. The number of aryl methyl sites for hydroxylation is 1. The van der Waals surface area contributed by atoms with Crippen LogP contribution >= 0.6 is 11.3 Å². The van der Waals surface area contributed by atoms with E-state index in [4.69, 9.17) is 9.47 Å². The number of nitrogens with zero attached hydrogens (tertiary/aromatic N) is 2. The molecule has 0 unspecified atom stereocenters. The van der Waals surface area contributed by atoms with E-state index in [-0.39, 0.29) is 15.9 Å². The Morgan fingerprint density at radius 3 is 2.20 bits per heavy atom. The normalized spacial score (nSPS) is 11.0. The van der Waals surface area contributed by atoms with E-state index in [1.807, 2.05) is 6.92 Å². The minimum Gasteiger partial charge on any atom is -0.497 e. The monoisotopic (exact) mass is 448 g/mol. The molecule has 2 N–H and O–H groups in total. The number of rotatable bonds is 8. The van der Waals surface area contributed by atoms with Crippen molar-refractivity contribution < 1.29 is 22.7 Å². The second-order valence-electron chi connectivity index (χ2n) is 6.04. The Bertz CT molecular complexity index is 1120. The Morgan fingerprint density at radius 1 is 1.03 bits per heavy atom. The van der Waals surface area contributed by atoms with E-state index in [1.165, 1.54) is 49.8 Å². The van der Waals surface area contributed by atoms with Gasteiger partial charge in [-0.05, 0) is 42.8 Å². The molecule has 3 rings (SSSR count). The Hall–Kier alpha value is -3.18. The van der Waals surface area contributed by atoms with Gasteiger partial charge in [-0.2, -0.15) is 0 Å². The van der Waals surface area contributed by atoms with Gasteiger partial charge in [-0.1, -0.05) is 18.3 Å². The first-order chi connectivity index (χ1) is 14.3. The predicted octanol–water partition coefficient (Wildman–Crippen LogP) is 3.17. The summed E-state index contributed by atoms with van der Waals surface area (Å²) < 4.78 is 37.8. The molecule has 1 heterocycles. The summed E-state index contributed by atoms with van der Waals surface area (Å²) in [6.07, 6.45) is 0.674. The smallest absolute Gasteiger partial charge is 0.263 e. The van der Waals surface area contributed by atoms with Crippen LogP contribution in [0.1, 0.15) is 22.3 Å². The molecule has 0 saturated heterocycles. The fourth-order valence-electron chi connectivity index (χ4n) is 2.47. The van der Waals surface area contributed by atoms with Crippen LogP contribution in [0.3, 0.4) is 0 Å². The maximum Gasteiger partial charge on any atom is 0.263 e. The van der Waals surface area contributed by atoms with Crippen LogP contribution in [0.2, 0.25) is 0 Å². The van der Waals surface area contributed by atoms with E-state index in [1.54, 1.807) is 18.2 Å². The number of nitrogens with one attached hydrogen (secondary N) is 2. The molecule has 1 aromatic heterocycles. The van der Waals surface area contributed by atoms with Crippen molar-refractivity contribution in [2.45, 2.75) is 18.2 Å². The lowest BCUT2D eigenvalue weighted by Crippen LogP contribution is -2.14. The van der Waals surface area contributed by atoms with Crippen molar-refractivity contribution in [2.75, 3.05) is 24.3 Å². The fourth-order valence-corrected chi connectivity index (χ4v) is 4.38. The number of carbonyl (C=O) groups excluding carboxylic acids is 1. The van der Waals surface area contributed by atoms with Gasteiger partial charge in [-0.3, -0.25) is 9.52 Å². The van der Waals surface area contributed by atoms with Crippen molar-refractivity contribution in [1.82, 2.24) is 10.2 Å². The number of hydrogen-bond donors (Lipinski definition) is 2. The molecule has 2 aromatic carbocycles. The van der Waals surface area contributed by atoms with Crippen LogP contribution in [0, 0.1) is 0 Å². The highest BCUT2D eigenvalue weighted by molar-refractivity contribution is 7.93. The maximum atomic E-state index is 12.5. The molecule has 0 saturated carbocycles. The summed E-state index contributed by atoms with van der Waals surface area (Å²) in [4.78, 5) is 12.6. The van der Waals surface area contributed by atoms with Crippen molar-refractivity contribution in [1.29, 1.82) is 0 Å². The zero-order valence-corrected chi connectivity index (χ0v) is 18.1. The van der Waals surface area contributed by atoms with Crippen molar-refractivity contribution in [3.05, 3.63) is 53.0 Å². The highest BCUT2D eigenvalue weighted by atomic mass is 32.2. The van der Waals surface area contributed by atoms with Crippen LogP contribution < -0.4 is 19.5 Å². The SMILES string of the molecule is CCc1nnc(NS(=O)(=O)c2ccc(NC(=O)c3cc(OC)cc(OC)c3)cc2)s1. The number of amides is 1. The van der Waals surface area contributed by atoms with E-state index in [9.17, 15) is 13.2 Å². The van der Waals surface area contributed by atoms with Gasteiger partial charge >= 0.3 is 0 Å². The topological polar surface area (TPSA) is 120 Å². The molecule has 0 radical (unpaired) electrons. The zero-order valence-electron chi connectivity index (χ0n) is 16.5. The summed E-state index contributed by atoms with van der Waals surface area (Å²) in [6, 6.07) is 10.6. The molecule has 30 heavy (non-hydrogen) atoms. The Kier molecular flexibility index (Phi) is 6.53. The number of aromatic nitrogens is 2. The molecular weight excluding hydrogens is 428 g/mol. The standard InChI is InChI=1S/C19H20N4O5S2/c1-4-17-21-22-19(29-17)23-30(25,26)16-7-5-13(6-8-16)20-18(24)12-9-14(27-2)11-15(10-12)28-3/h5-11H,4H2,1-3H3,(H,20,24)(H,22,23). The third-order valence-corrected chi connectivity index (χ3v) is 6.49. The molecule has 0 aliphatic carbocycles. The highest BCUT2D eigenvalue weighted by Gasteiger charge is 2.17. The fraction of sp³-hybridized carbons (Fsp3) is 0.211. The van der Waals surface area contributed by atoms with Crippen molar-refractivity contribution >= 4 is 38.1 Å². The lowest BCUT2D eigenvalue weighted by Gasteiger charge is -2.10. The number of benzene rings is 2. The quantitative estimate of drug-likeness (QED) is 0.543. The van der Waals surface area contributed by atoms with Gasteiger partial charge in [0.05, 0.1) is 19.1 Å². The van der Waals surface area contributed by atoms with Gasteiger partial charge in [-0.25, -0.2) is 8.42 Å². The summed E-state index contributed by atoms with van der Waals surface area (Å²) >= 11 is 1.18. The number of ether oxygens (including phenoxy) is 2. The van der Waals surface area contributed by atoms with Gasteiger partial charge in [0, 0.05) is 17.3 Å². The van der Waals surface area contributed by atoms with Gasteiger partial charge in [-0.15, -0.1) is 10.2 Å². The molecule has 1 amide bonds. The van der Waals surface area contributed by atoms with Gasteiger partial charge < -0.3 is 14.8 Å². The van der Waals surface area contributed by atoms with Gasteiger partial charge in [0.2, 0.25) is 5.13 Å². The molecule has 11 heteroatoms. The number of anilines is 2. The van der Waals surface area contributed by atoms with E-state index in [0.29, 0.717) is 29.2 Å². The average Bonchev–Trinajstić information content (AvgIpc) is 3.20. The highest BCUT2D eigenvalue weighted by Crippen LogP contribution is 2.24. The van der Waals surface area contributed by atoms with Crippen LogP contribution in [0.15, 0.2) is 47.4 Å². The zero-order chi connectivity index (χ0) is 21.7. The molecule has 3 aromatic rings. The first-order valence-electron chi connectivity index (χ1n) is 8.84. The van der Waals surface area contributed by atoms with Crippen LogP contribution in [-0.2, 0) is 16.4 Å². The summed E-state index contributed by atoms with van der Waals surface area (Å²) in [5, 5.41) is 11.4. The lowest BCUT2D eigenvalue weighted by molar-refractivity contribution is 0.102. The van der Waals surface area contributed by atoms with Gasteiger partial charge in [0.25, 0.3) is 15.9 Å². The second-order valence-corrected chi connectivity index (χ2v) is 8.78. The van der Waals surface area contributed by atoms with Crippen LogP contribution in [-0.4, -0.2) is 38.7 Å². The summed E-state index contributed by atoms with van der Waals surface area (Å²) in [7, 11) is -0.822. The minimum atomic E-state index is -3.81. The third-order valence-electron chi connectivity index (χ3n) is 4.03. The molecular formula is C19H20N4O5S2. The molecule has 0 spiro atoms. The Labute approximate surface area is 178 Å². The van der Waals surface area contributed by atoms with E-state index in [0.717, 1.165) is 5.01 Å². The van der Waals surface area contributed by atoms with E-state index < -0.39 is 10.0 Å². The lowest BCUT2D eigenvalue weighted by atomic mass is 10.2. The van der Waals surface area contributed by atoms with Crippen molar-refractivity contribution in [2.24, 2.45) is 0 Å². The first-order valence-corrected chi connectivity index (χ1v) is 11.1. The molecule has 9 nitrogen and oxygen atoms in total. The van der Waals surface area contributed by atoms with Crippen LogP contribution in [0.4, 0.5) is 10.8 Å². The minimum absolute atomic E-state index is 0.0387. The maximum absolute atomic E-state index is 12.5. The Morgan fingerprint density at radius 2 is 1.67 bits per heavy atom. The molecule has 0 atom stereocenters. The molecule has 0 fully saturated rings.